The average molecular weight is 454 g/mol. The summed E-state index contributed by atoms with van der Waals surface area (Å²) in [6, 6.07) is 21.2. The monoisotopic (exact) mass is 454 g/mol. The molecule has 0 bridgehead atoms. The first-order valence-corrected chi connectivity index (χ1v) is 10.4. The molecular formula is C24H17F3N2O2S. The van der Waals surface area contributed by atoms with Crippen molar-refractivity contribution in [2.45, 2.75) is 12.8 Å². The molecule has 0 radical (unpaired) electrons. The Morgan fingerprint density at radius 1 is 0.969 bits per heavy atom. The van der Waals surface area contributed by atoms with E-state index < -0.39 is 17.6 Å². The van der Waals surface area contributed by atoms with Crippen LogP contribution in [0.1, 0.15) is 16.7 Å². The molecule has 0 aromatic heterocycles. The lowest BCUT2D eigenvalue weighted by Gasteiger charge is -2.16. The van der Waals surface area contributed by atoms with Crippen LogP contribution < -0.4 is 9.64 Å². The van der Waals surface area contributed by atoms with Crippen LogP contribution in [0.3, 0.4) is 0 Å². The molecule has 1 heterocycles. The van der Waals surface area contributed by atoms with Crippen molar-refractivity contribution in [1.82, 2.24) is 0 Å². The van der Waals surface area contributed by atoms with E-state index >= 15 is 0 Å². The van der Waals surface area contributed by atoms with E-state index in [0.717, 1.165) is 34.4 Å². The van der Waals surface area contributed by atoms with Gasteiger partial charge in [0.1, 0.15) is 12.4 Å². The number of halogens is 3. The summed E-state index contributed by atoms with van der Waals surface area (Å²) in [7, 11) is 0. The molecule has 162 valence electrons. The molecule has 4 rings (SSSR count). The number of hydrogen-bond acceptors (Lipinski definition) is 4. The molecule has 3 aromatic carbocycles. The summed E-state index contributed by atoms with van der Waals surface area (Å²) in [5.41, 5.74) is 0.833. The molecular weight excluding hydrogens is 437 g/mol. The van der Waals surface area contributed by atoms with E-state index in [0.29, 0.717) is 17.9 Å². The number of alkyl halides is 3. The predicted molar refractivity (Wildman–Crippen MR) is 119 cm³/mol. The van der Waals surface area contributed by atoms with Crippen LogP contribution >= 0.6 is 11.8 Å². The number of carbonyl (C=O) groups excluding carboxylic acids is 1. The van der Waals surface area contributed by atoms with E-state index in [2.05, 4.69) is 0 Å². The van der Waals surface area contributed by atoms with Crippen molar-refractivity contribution < 1.29 is 22.7 Å². The number of nitrogens with one attached hydrogen (secondary N) is 1. The van der Waals surface area contributed by atoms with Gasteiger partial charge in [-0.15, -0.1) is 0 Å². The first-order chi connectivity index (χ1) is 15.3. The third kappa shape index (κ3) is 4.86. The van der Waals surface area contributed by atoms with E-state index in [-0.39, 0.29) is 15.8 Å². The summed E-state index contributed by atoms with van der Waals surface area (Å²) < 4.78 is 44.9. The molecule has 1 fully saturated rings. The fraction of sp³-hybridized carbons (Fsp3) is 0.0833. The van der Waals surface area contributed by atoms with E-state index in [1.165, 1.54) is 12.1 Å². The Bertz CT molecular complexity index is 1190. The minimum Gasteiger partial charge on any atom is -0.489 e. The van der Waals surface area contributed by atoms with E-state index in [1.807, 2.05) is 30.3 Å². The number of hydrogen-bond donors (Lipinski definition) is 1. The van der Waals surface area contributed by atoms with Gasteiger partial charge in [0.15, 0.2) is 5.17 Å². The largest absolute Gasteiger partial charge is 0.489 e. The van der Waals surface area contributed by atoms with Gasteiger partial charge in [-0.3, -0.25) is 15.1 Å². The standard InChI is InChI=1S/C24H17F3N2O2S/c25-24(26,27)18-9-5-10-19(14-18)29-22(30)21(32-23(29)28)13-17-8-4-11-20(12-17)31-15-16-6-2-1-3-7-16/h1-14,28H,15H2/b21-13-,28-23?. The van der Waals surface area contributed by atoms with Crippen LogP contribution in [-0.4, -0.2) is 11.1 Å². The second kappa shape index (κ2) is 8.92. The normalized spacial score (nSPS) is 15.5. The Labute approximate surface area is 186 Å². The number of carbonyl (C=O) groups is 1. The number of amidine groups is 1. The molecule has 0 spiro atoms. The Morgan fingerprint density at radius 2 is 1.72 bits per heavy atom. The molecule has 32 heavy (non-hydrogen) atoms. The Balaban J connectivity index is 1.53. The molecule has 1 N–H and O–H groups in total. The average Bonchev–Trinajstić information content (AvgIpc) is 3.05. The van der Waals surface area contributed by atoms with E-state index in [9.17, 15) is 18.0 Å². The summed E-state index contributed by atoms with van der Waals surface area (Å²) in [5, 5.41) is 7.97. The van der Waals surface area contributed by atoms with Gasteiger partial charge in [-0.25, -0.2) is 0 Å². The lowest BCUT2D eigenvalue weighted by Crippen LogP contribution is -2.28. The highest BCUT2D eigenvalue weighted by molar-refractivity contribution is 8.19. The van der Waals surface area contributed by atoms with Gasteiger partial charge in [0.05, 0.1) is 16.2 Å². The fourth-order valence-corrected chi connectivity index (χ4v) is 3.99. The van der Waals surface area contributed by atoms with Crippen LogP contribution in [0.2, 0.25) is 0 Å². The second-order valence-electron chi connectivity index (χ2n) is 6.95. The lowest BCUT2D eigenvalue weighted by atomic mass is 10.1. The van der Waals surface area contributed by atoms with Gasteiger partial charge < -0.3 is 4.74 Å². The topological polar surface area (TPSA) is 53.4 Å². The number of nitrogens with zero attached hydrogens (tertiary/aromatic N) is 1. The predicted octanol–water partition coefficient (Wildman–Crippen LogP) is 6.34. The van der Waals surface area contributed by atoms with Crippen molar-refractivity contribution in [3.63, 3.8) is 0 Å². The van der Waals surface area contributed by atoms with Crippen LogP contribution in [0.15, 0.2) is 83.8 Å². The van der Waals surface area contributed by atoms with E-state index in [4.69, 9.17) is 10.1 Å². The third-order valence-electron chi connectivity index (χ3n) is 4.66. The second-order valence-corrected chi connectivity index (χ2v) is 7.98. The van der Waals surface area contributed by atoms with Crippen molar-refractivity contribution in [1.29, 1.82) is 5.41 Å². The zero-order valence-corrected chi connectivity index (χ0v) is 17.4. The first kappa shape index (κ1) is 21.7. The number of benzene rings is 3. The molecule has 1 aliphatic rings. The number of rotatable bonds is 5. The van der Waals surface area contributed by atoms with Crippen LogP contribution in [-0.2, 0) is 17.6 Å². The van der Waals surface area contributed by atoms with Gasteiger partial charge in [0.2, 0.25) is 0 Å². The van der Waals surface area contributed by atoms with Gasteiger partial charge in [-0.1, -0.05) is 48.5 Å². The molecule has 0 unspecified atom stereocenters. The molecule has 1 aliphatic heterocycles. The summed E-state index contributed by atoms with van der Waals surface area (Å²) in [5.74, 6) is 0.0680. The maximum atomic E-state index is 13.0. The quantitative estimate of drug-likeness (QED) is 0.458. The Hall–Kier alpha value is -3.52. The maximum absolute atomic E-state index is 13.0. The molecule has 0 atom stereocenters. The van der Waals surface area contributed by atoms with Crippen molar-refractivity contribution >= 4 is 34.6 Å². The lowest BCUT2D eigenvalue weighted by molar-refractivity contribution is -0.137. The molecule has 8 heteroatoms. The van der Waals surface area contributed by atoms with Gasteiger partial charge in [0, 0.05) is 0 Å². The summed E-state index contributed by atoms with van der Waals surface area (Å²) in [6.45, 7) is 0.391. The third-order valence-corrected chi connectivity index (χ3v) is 5.55. The summed E-state index contributed by atoms with van der Waals surface area (Å²) in [4.78, 5) is 14.1. The van der Waals surface area contributed by atoms with Gasteiger partial charge >= 0.3 is 6.18 Å². The number of thioether (sulfide) groups is 1. The molecule has 0 aliphatic carbocycles. The minimum absolute atomic E-state index is 0.00525. The Morgan fingerprint density at radius 3 is 2.47 bits per heavy atom. The van der Waals surface area contributed by atoms with Gasteiger partial charge in [-0.05, 0) is 59.3 Å². The first-order valence-electron chi connectivity index (χ1n) is 9.58. The summed E-state index contributed by atoms with van der Waals surface area (Å²) in [6.07, 6.45) is -2.93. The molecule has 4 nitrogen and oxygen atoms in total. The van der Waals surface area contributed by atoms with Crippen LogP contribution in [0, 0.1) is 5.41 Å². The van der Waals surface area contributed by atoms with Crippen molar-refractivity contribution in [2.24, 2.45) is 0 Å². The zero-order chi connectivity index (χ0) is 22.7. The number of ether oxygens (including phenoxy) is 1. The van der Waals surface area contributed by atoms with Crippen LogP contribution in [0.4, 0.5) is 18.9 Å². The van der Waals surface area contributed by atoms with Gasteiger partial charge in [-0.2, -0.15) is 13.2 Å². The molecule has 0 saturated carbocycles. The van der Waals surface area contributed by atoms with E-state index in [1.54, 1.807) is 30.3 Å². The van der Waals surface area contributed by atoms with Crippen LogP contribution in [0.25, 0.3) is 6.08 Å². The highest BCUT2D eigenvalue weighted by Gasteiger charge is 2.36. The molecule has 1 saturated heterocycles. The number of anilines is 1. The number of amides is 1. The van der Waals surface area contributed by atoms with Gasteiger partial charge in [0.25, 0.3) is 5.91 Å². The van der Waals surface area contributed by atoms with Crippen molar-refractivity contribution in [2.75, 3.05) is 4.90 Å². The van der Waals surface area contributed by atoms with Crippen molar-refractivity contribution in [3.8, 4) is 5.75 Å². The van der Waals surface area contributed by atoms with Crippen LogP contribution in [0.5, 0.6) is 5.75 Å². The zero-order valence-electron chi connectivity index (χ0n) is 16.6. The molecule has 3 aromatic rings. The maximum Gasteiger partial charge on any atom is 0.416 e. The fourth-order valence-electron chi connectivity index (χ4n) is 3.13. The Kier molecular flexibility index (Phi) is 6.05. The SMILES string of the molecule is N=C1S/C(=C\c2cccc(OCc3ccccc3)c2)C(=O)N1c1cccc(C(F)(F)F)c1. The van der Waals surface area contributed by atoms with Crippen molar-refractivity contribution in [3.05, 3.63) is 100 Å². The molecule has 1 amide bonds. The highest BCUT2D eigenvalue weighted by atomic mass is 32.2. The highest BCUT2D eigenvalue weighted by Crippen LogP contribution is 2.38. The minimum atomic E-state index is -4.53. The summed E-state index contributed by atoms with van der Waals surface area (Å²) >= 11 is 0.900. The smallest absolute Gasteiger partial charge is 0.416 e.